The van der Waals surface area contributed by atoms with Gasteiger partial charge in [0.15, 0.2) is 0 Å². The molecule has 4 aromatic carbocycles. The van der Waals surface area contributed by atoms with Crippen LogP contribution in [0.1, 0.15) is 61.8 Å². The second-order valence-electron chi connectivity index (χ2n) is 12.9. The Morgan fingerprint density at radius 1 is 0.867 bits per heavy atom. The molecule has 6 heteroatoms. The first-order valence-corrected chi connectivity index (χ1v) is 16.5. The minimum atomic E-state index is -0.271. The monoisotopic (exact) mass is 775 g/mol. The van der Waals surface area contributed by atoms with Crippen molar-refractivity contribution in [3.05, 3.63) is 124 Å². The molecule has 0 fully saturated rings. The van der Waals surface area contributed by atoms with Gasteiger partial charge in [-0.1, -0.05) is 38.9 Å². The summed E-state index contributed by atoms with van der Waals surface area (Å²) in [5.41, 5.74) is 7.06. The Morgan fingerprint density at radius 2 is 1.64 bits per heavy atom. The van der Waals surface area contributed by atoms with Gasteiger partial charge in [-0.05, 0) is 29.2 Å². The van der Waals surface area contributed by atoms with Gasteiger partial charge in [0.1, 0.15) is 0 Å². The fourth-order valence-corrected chi connectivity index (χ4v) is 7.71. The van der Waals surface area contributed by atoms with Crippen LogP contribution in [0.4, 0.5) is 0 Å². The molecular weight excluding hydrogens is 736 g/mol. The Morgan fingerprint density at radius 3 is 2.49 bits per heavy atom. The van der Waals surface area contributed by atoms with E-state index in [4.69, 9.17) is 15.2 Å². The molecule has 1 unspecified atom stereocenters. The minimum absolute atomic E-state index is 0.0678. The molecule has 0 spiro atoms. The number of rotatable bonds is 4. The number of hydrogen-bond donors (Lipinski definition) is 0. The summed E-state index contributed by atoms with van der Waals surface area (Å²) in [6.45, 7) is 6.41. The van der Waals surface area contributed by atoms with Crippen LogP contribution in [0, 0.1) is 3.80 Å². The topological polar surface area (TPSA) is 36.9 Å². The molecule has 1 atom stereocenters. The van der Waals surface area contributed by atoms with E-state index in [1.54, 1.807) is 6.20 Å². The Balaban J connectivity index is 1.28. The van der Waals surface area contributed by atoms with Crippen molar-refractivity contribution in [2.75, 3.05) is 0 Å². The number of imidazole rings is 1. The second kappa shape index (κ2) is 10.7. The maximum absolute atomic E-state index is 8.93. The van der Waals surface area contributed by atoms with Gasteiger partial charge in [-0.15, -0.1) is 0 Å². The van der Waals surface area contributed by atoms with Crippen LogP contribution in [-0.4, -0.2) is 18.7 Å². The summed E-state index contributed by atoms with van der Waals surface area (Å²) in [4.78, 5) is 4.71. The number of benzene rings is 4. The van der Waals surface area contributed by atoms with Crippen LogP contribution in [0.5, 0.6) is 11.5 Å². The molecule has 3 heterocycles. The molecule has 0 amide bonds. The number of aromatic nitrogens is 4. The molecule has 0 saturated heterocycles. The van der Waals surface area contributed by atoms with E-state index < -0.39 is 0 Å². The van der Waals surface area contributed by atoms with Crippen LogP contribution in [0.2, 0.25) is 0 Å². The third-order valence-corrected chi connectivity index (χ3v) is 10.4. The van der Waals surface area contributed by atoms with Crippen LogP contribution in [0.25, 0.3) is 38.7 Å². The van der Waals surface area contributed by atoms with Gasteiger partial charge in [-0.3, -0.25) is 0 Å². The average molecular weight is 776 g/mol. The Bertz CT molecular complexity index is 2540. The molecule has 8 rings (SSSR count). The van der Waals surface area contributed by atoms with Crippen molar-refractivity contribution in [2.24, 2.45) is 7.05 Å². The summed E-state index contributed by atoms with van der Waals surface area (Å²) < 4.78 is 49.1. The van der Waals surface area contributed by atoms with Crippen molar-refractivity contribution >= 4 is 32.8 Å². The average Bonchev–Trinajstić information content (AvgIpc) is 3.56. The number of ether oxygens (including phenoxy) is 1. The molecule has 1 aliphatic carbocycles. The number of aryl methyl sites for hydroxylation is 2. The van der Waals surface area contributed by atoms with Crippen molar-refractivity contribution in [1.29, 1.82) is 0 Å². The van der Waals surface area contributed by atoms with Gasteiger partial charge in [-0.25, -0.2) is 4.98 Å². The molecule has 0 N–H and O–H groups in total. The van der Waals surface area contributed by atoms with Crippen LogP contribution < -0.4 is 4.74 Å². The minimum Gasteiger partial charge on any atom is -0.239 e. The molecule has 45 heavy (non-hydrogen) atoms. The van der Waals surface area contributed by atoms with E-state index in [-0.39, 0.29) is 35.6 Å². The first kappa shape index (κ1) is 24.1. The van der Waals surface area contributed by atoms with Gasteiger partial charge in [0, 0.05) is 6.20 Å². The van der Waals surface area contributed by atoms with Gasteiger partial charge < -0.3 is 0 Å². The van der Waals surface area contributed by atoms with Gasteiger partial charge in [0.25, 0.3) is 0 Å². The predicted octanol–water partition coefficient (Wildman–Crippen LogP) is 9.57. The normalized spacial score (nSPS) is 16.4. The van der Waals surface area contributed by atoms with Gasteiger partial charge in [0.05, 0.1) is 5.48 Å². The summed E-state index contributed by atoms with van der Waals surface area (Å²) in [6, 6.07) is 24.2. The molecular formula is C39H36N4OPt. The number of fused-ring (bicyclic) bond motifs is 5. The quantitative estimate of drug-likeness (QED) is 0.179. The van der Waals surface area contributed by atoms with E-state index in [0.29, 0.717) is 33.4 Å². The van der Waals surface area contributed by atoms with E-state index in [0.717, 1.165) is 30.6 Å². The van der Waals surface area contributed by atoms with E-state index in [9.17, 15) is 0 Å². The van der Waals surface area contributed by atoms with Crippen molar-refractivity contribution < 1.29 is 29.6 Å². The van der Waals surface area contributed by atoms with Crippen molar-refractivity contribution in [3.8, 4) is 17.3 Å². The van der Waals surface area contributed by atoms with Crippen molar-refractivity contribution in [1.82, 2.24) is 18.7 Å². The smallest absolute Gasteiger partial charge is 0.239 e. The van der Waals surface area contributed by atoms with E-state index in [2.05, 4.69) is 92.7 Å². The van der Waals surface area contributed by atoms with Crippen LogP contribution in [0.3, 0.4) is 0 Å². The van der Waals surface area contributed by atoms with E-state index >= 15 is 0 Å². The molecule has 0 aliphatic heterocycles. The molecule has 7 aromatic rings. The van der Waals surface area contributed by atoms with Crippen molar-refractivity contribution in [3.63, 3.8) is 0 Å². The molecule has 0 saturated carbocycles. The van der Waals surface area contributed by atoms with Gasteiger partial charge in [-0.2, -0.15) is 0 Å². The number of nitrogens with zero attached hydrogens (tertiary/aromatic N) is 4. The Labute approximate surface area is 279 Å². The Kier molecular flexibility index (Phi) is 5.73. The summed E-state index contributed by atoms with van der Waals surface area (Å²) in [5, 5.41) is 1.18. The fraction of sp³-hybridized carbons (Fsp3) is 0.231. The zero-order chi connectivity index (χ0) is 34.4. The molecule has 228 valence electrons. The summed E-state index contributed by atoms with van der Waals surface area (Å²) in [6.07, 6.45) is 4.95. The van der Waals surface area contributed by atoms with Crippen LogP contribution in [-0.2, 0) is 38.2 Å². The first-order chi connectivity index (χ1) is 23.4. The first-order valence-electron chi connectivity index (χ1n) is 17.4. The summed E-state index contributed by atoms with van der Waals surface area (Å²) in [5.74, 6) is 1.94. The van der Waals surface area contributed by atoms with Gasteiger partial charge >= 0.3 is 196 Å². The van der Waals surface area contributed by atoms with E-state index in [1.165, 1.54) is 26.0 Å². The van der Waals surface area contributed by atoms with Gasteiger partial charge in [0.2, 0.25) is 0 Å². The summed E-state index contributed by atoms with van der Waals surface area (Å²) in [7, 11) is 2.12. The zero-order valence-corrected chi connectivity index (χ0v) is 28.0. The molecule has 0 bridgehead atoms. The molecule has 5 nitrogen and oxygen atoms in total. The van der Waals surface area contributed by atoms with E-state index in [1.807, 2.05) is 41.0 Å². The number of para-hydroxylation sites is 3. The third-order valence-electron chi connectivity index (χ3n) is 9.10. The number of hydrogen-bond acceptors (Lipinski definition) is 2. The number of pyridine rings is 1. The Hall–Kier alpha value is -4.21. The predicted molar refractivity (Wildman–Crippen MR) is 179 cm³/mol. The maximum atomic E-state index is 8.93. The van der Waals surface area contributed by atoms with Crippen LogP contribution in [0.15, 0.2) is 103 Å². The van der Waals surface area contributed by atoms with Crippen LogP contribution >= 0.6 is 0 Å². The third kappa shape index (κ3) is 4.71. The molecule has 1 aliphatic rings. The SMILES string of the molecule is [2H]c1c([2H])c([2H])c2c(c1[2H])c1ccc(Oc3ccc4c(c3)C(n3[c](=[Pt])n(C)c5ccccc53)CCC4)cc1n2-c1cc(C(C)(C)C)ccn1. The molecule has 3 aromatic heterocycles. The summed E-state index contributed by atoms with van der Waals surface area (Å²) >= 11 is 2.44. The molecule has 0 radical (unpaired) electrons. The second-order valence-corrected chi connectivity index (χ2v) is 13.9. The fourth-order valence-electron chi connectivity index (χ4n) is 6.81. The van der Waals surface area contributed by atoms with Crippen molar-refractivity contribution in [2.45, 2.75) is 51.5 Å². The zero-order valence-electron chi connectivity index (χ0n) is 29.7. The standard InChI is InChI=1S/C39H36N4O.Pt/c1-39(2,3)27-20-21-40-38(22-27)43-34-12-6-5-11-30(34)31-19-18-29(24-37(31)43)44-28-17-16-26-10-9-15-33(32(26)23-28)42-25-41(4)35-13-7-8-14-36(35)42;/h5-8,11-14,16-24,33H,9-10,15H2,1-4H3;/i5D,6D,11D,12D;.